The van der Waals surface area contributed by atoms with Gasteiger partial charge in [-0.25, -0.2) is 4.39 Å². The lowest BCUT2D eigenvalue weighted by atomic mass is 10.0. The van der Waals surface area contributed by atoms with Gasteiger partial charge in [0.2, 0.25) is 5.91 Å². The van der Waals surface area contributed by atoms with Crippen LogP contribution in [0.1, 0.15) is 12.5 Å². The third kappa shape index (κ3) is 2.49. The van der Waals surface area contributed by atoms with Gasteiger partial charge < -0.3 is 11.1 Å². The number of primary amides is 1. The molecule has 2 amide bonds. The van der Waals surface area contributed by atoms with Crippen molar-refractivity contribution >= 4 is 23.4 Å². The molecule has 86 valence electrons. The smallest absolute Gasteiger partial charge is 0.287 e. The molecule has 0 bridgehead atoms. The molecule has 0 spiro atoms. The molecule has 0 radical (unpaired) electrons. The van der Waals surface area contributed by atoms with Crippen molar-refractivity contribution in [1.29, 1.82) is 0 Å². The number of alkyl halides is 1. The number of benzene rings is 1. The van der Waals surface area contributed by atoms with Crippen LogP contribution in [0.4, 0.5) is 4.39 Å². The molecular formula is C10H10ClFN2O2. The Morgan fingerprint density at radius 1 is 1.50 bits per heavy atom. The van der Waals surface area contributed by atoms with Crippen LogP contribution in [0.3, 0.4) is 0 Å². The molecule has 0 aliphatic rings. The van der Waals surface area contributed by atoms with Crippen LogP contribution in [0.2, 0.25) is 5.02 Å². The summed E-state index contributed by atoms with van der Waals surface area (Å²) < 4.78 is 14.2. The van der Waals surface area contributed by atoms with Gasteiger partial charge in [0, 0.05) is 17.5 Å². The largest absolute Gasteiger partial charge is 0.365 e. The lowest BCUT2D eigenvalue weighted by molar-refractivity contribution is -0.138. The van der Waals surface area contributed by atoms with Crippen LogP contribution < -0.4 is 11.1 Å². The number of amides is 2. The van der Waals surface area contributed by atoms with Crippen molar-refractivity contribution in [3.05, 3.63) is 34.9 Å². The maximum absolute atomic E-state index is 14.2. The third-order valence-electron chi connectivity index (χ3n) is 1.91. The average Bonchev–Trinajstić information content (AvgIpc) is 2.16. The molecule has 0 aliphatic heterocycles. The molecule has 1 aromatic carbocycles. The highest BCUT2D eigenvalue weighted by Crippen LogP contribution is 2.25. The predicted molar refractivity (Wildman–Crippen MR) is 57.2 cm³/mol. The number of rotatable bonds is 3. The number of nitrogens with one attached hydrogen (secondary N) is 1. The molecule has 1 unspecified atom stereocenters. The van der Waals surface area contributed by atoms with E-state index in [0.717, 1.165) is 6.92 Å². The molecule has 0 saturated heterocycles. The second-order valence-corrected chi connectivity index (χ2v) is 3.65. The van der Waals surface area contributed by atoms with Crippen LogP contribution in [0, 0.1) is 0 Å². The highest BCUT2D eigenvalue weighted by molar-refractivity contribution is 6.30. The second kappa shape index (κ2) is 4.49. The Labute approximate surface area is 96.6 Å². The first kappa shape index (κ1) is 12.4. The van der Waals surface area contributed by atoms with Crippen LogP contribution >= 0.6 is 11.6 Å². The molecule has 0 aromatic heterocycles. The van der Waals surface area contributed by atoms with Gasteiger partial charge in [0.15, 0.2) is 0 Å². The van der Waals surface area contributed by atoms with E-state index in [1.807, 2.05) is 5.32 Å². The van der Waals surface area contributed by atoms with Crippen LogP contribution in [0.25, 0.3) is 0 Å². The lowest BCUT2D eigenvalue weighted by Gasteiger charge is -2.22. The van der Waals surface area contributed by atoms with Gasteiger partial charge in [-0.15, -0.1) is 0 Å². The van der Waals surface area contributed by atoms with Crippen molar-refractivity contribution in [2.45, 2.75) is 12.7 Å². The minimum Gasteiger partial charge on any atom is -0.365 e. The molecule has 1 atom stereocenters. The van der Waals surface area contributed by atoms with Gasteiger partial charge in [0.05, 0.1) is 0 Å². The number of carbonyl (C=O) groups excluding carboxylic acids is 2. The Kier molecular flexibility index (Phi) is 3.49. The van der Waals surface area contributed by atoms with Gasteiger partial charge in [0.1, 0.15) is 0 Å². The number of carbonyl (C=O) groups is 2. The summed E-state index contributed by atoms with van der Waals surface area (Å²) in [4.78, 5) is 21.9. The van der Waals surface area contributed by atoms with Crippen LogP contribution in [0.15, 0.2) is 24.3 Å². The van der Waals surface area contributed by atoms with Crippen LogP contribution in [-0.4, -0.2) is 11.8 Å². The lowest BCUT2D eigenvalue weighted by Crippen LogP contribution is -2.51. The van der Waals surface area contributed by atoms with E-state index in [4.69, 9.17) is 17.3 Å². The summed E-state index contributed by atoms with van der Waals surface area (Å²) in [5.41, 5.74) is 4.82. The molecular weight excluding hydrogens is 235 g/mol. The standard InChI is InChI=1S/C10H10ClFN2O2/c1-6(15)14-10(12,9(13)16)7-3-2-4-8(11)5-7/h2-5H,1H3,(H2,13,16)(H,14,15). The summed E-state index contributed by atoms with van der Waals surface area (Å²) in [6.07, 6.45) is 0. The van der Waals surface area contributed by atoms with Gasteiger partial charge in [-0.2, -0.15) is 0 Å². The van der Waals surface area contributed by atoms with E-state index in [9.17, 15) is 14.0 Å². The Hall–Kier alpha value is -1.62. The fourth-order valence-electron chi connectivity index (χ4n) is 1.22. The van der Waals surface area contributed by atoms with Gasteiger partial charge >= 0.3 is 0 Å². The Morgan fingerprint density at radius 3 is 2.56 bits per heavy atom. The predicted octanol–water partition coefficient (Wildman–Crippen LogP) is 1.08. The van der Waals surface area contributed by atoms with Crippen molar-refractivity contribution in [3.63, 3.8) is 0 Å². The first-order chi connectivity index (χ1) is 7.36. The first-order valence-corrected chi connectivity index (χ1v) is 4.77. The molecule has 4 nitrogen and oxygen atoms in total. The fourth-order valence-corrected chi connectivity index (χ4v) is 1.41. The summed E-state index contributed by atoms with van der Waals surface area (Å²) in [6, 6.07) is 5.51. The molecule has 1 rings (SSSR count). The van der Waals surface area contributed by atoms with Crippen molar-refractivity contribution in [2.75, 3.05) is 0 Å². The van der Waals surface area contributed by atoms with Gasteiger partial charge in [-0.05, 0) is 12.1 Å². The summed E-state index contributed by atoms with van der Waals surface area (Å²) in [5, 5.41) is 2.10. The summed E-state index contributed by atoms with van der Waals surface area (Å²) in [7, 11) is 0. The molecule has 0 fully saturated rings. The van der Waals surface area contributed by atoms with Gasteiger partial charge in [-0.3, -0.25) is 9.59 Å². The van der Waals surface area contributed by atoms with Crippen molar-refractivity contribution in [3.8, 4) is 0 Å². The first-order valence-electron chi connectivity index (χ1n) is 4.40. The quantitative estimate of drug-likeness (QED) is 0.781. The fraction of sp³-hybridized carbons (Fsp3) is 0.200. The average molecular weight is 245 g/mol. The van der Waals surface area contributed by atoms with Crippen molar-refractivity contribution in [1.82, 2.24) is 5.32 Å². The molecule has 16 heavy (non-hydrogen) atoms. The Morgan fingerprint density at radius 2 is 2.12 bits per heavy atom. The highest BCUT2D eigenvalue weighted by atomic mass is 35.5. The zero-order valence-corrected chi connectivity index (χ0v) is 9.22. The molecule has 0 aliphatic carbocycles. The minimum atomic E-state index is -2.74. The van der Waals surface area contributed by atoms with E-state index in [0.29, 0.717) is 0 Å². The zero-order chi connectivity index (χ0) is 12.3. The number of hydrogen-bond acceptors (Lipinski definition) is 2. The summed E-state index contributed by atoms with van der Waals surface area (Å²) in [5.74, 6) is -4.75. The van der Waals surface area contributed by atoms with Crippen LogP contribution in [0.5, 0.6) is 0 Å². The molecule has 1 aromatic rings. The van der Waals surface area contributed by atoms with E-state index in [2.05, 4.69) is 0 Å². The third-order valence-corrected chi connectivity index (χ3v) is 2.15. The normalized spacial score (nSPS) is 13.9. The summed E-state index contributed by atoms with van der Waals surface area (Å²) >= 11 is 5.66. The molecule has 6 heteroatoms. The monoisotopic (exact) mass is 244 g/mol. The molecule has 0 heterocycles. The van der Waals surface area contributed by atoms with E-state index in [1.165, 1.54) is 24.3 Å². The topological polar surface area (TPSA) is 72.2 Å². The Balaban J connectivity index is 3.21. The number of nitrogens with two attached hydrogens (primary N) is 1. The van der Waals surface area contributed by atoms with Crippen molar-refractivity contribution in [2.24, 2.45) is 5.73 Å². The van der Waals surface area contributed by atoms with Crippen LogP contribution in [-0.2, 0) is 15.4 Å². The summed E-state index contributed by atoms with van der Waals surface area (Å²) in [6.45, 7) is 1.09. The van der Waals surface area contributed by atoms with Gasteiger partial charge in [-0.1, -0.05) is 23.7 Å². The Bertz CT molecular complexity index is 439. The zero-order valence-electron chi connectivity index (χ0n) is 8.46. The van der Waals surface area contributed by atoms with Gasteiger partial charge in [0.25, 0.3) is 11.7 Å². The van der Waals surface area contributed by atoms with E-state index < -0.39 is 17.6 Å². The SMILES string of the molecule is CC(=O)NC(F)(C(N)=O)c1cccc(Cl)c1. The van der Waals surface area contributed by atoms with E-state index >= 15 is 0 Å². The second-order valence-electron chi connectivity index (χ2n) is 3.21. The molecule has 0 saturated carbocycles. The highest BCUT2D eigenvalue weighted by Gasteiger charge is 2.39. The van der Waals surface area contributed by atoms with E-state index in [1.54, 1.807) is 0 Å². The maximum atomic E-state index is 14.2. The van der Waals surface area contributed by atoms with Crippen molar-refractivity contribution < 1.29 is 14.0 Å². The maximum Gasteiger partial charge on any atom is 0.287 e. The number of halogens is 2. The molecule has 3 N–H and O–H groups in total. The minimum absolute atomic E-state index is 0.109. The number of hydrogen-bond donors (Lipinski definition) is 2. The van der Waals surface area contributed by atoms with E-state index in [-0.39, 0.29) is 10.6 Å².